The van der Waals surface area contributed by atoms with Crippen molar-refractivity contribution in [1.82, 2.24) is 9.97 Å². The molecule has 0 atom stereocenters. The molecule has 2 rings (SSSR count). The molecule has 0 bridgehead atoms. The van der Waals surface area contributed by atoms with Crippen molar-refractivity contribution in [2.24, 2.45) is 5.92 Å². The average Bonchev–Trinajstić information content (AvgIpc) is 2.40. The largest absolute Gasteiger partial charge is 0.368 e. The monoisotopic (exact) mass is 229 g/mol. The van der Waals surface area contributed by atoms with E-state index in [4.69, 9.17) is 0 Å². The van der Waals surface area contributed by atoms with Crippen molar-refractivity contribution in [1.29, 1.82) is 0 Å². The van der Waals surface area contributed by atoms with Gasteiger partial charge in [0.25, 0.3) is 0 Å². The van der Waals surface area contributed by atoms with Crippen LogP contribution in [0.15, 0.2) is 30.5 Å². The summed E-state index contributed by atoms with van der Waals surface area (Å²) in [5, 5.41) is 3.37. The highest BCUT2D eigenvalue weighted by atomic mass is 15.0. The fourth-order valence-electron chi connectivity index (χ4n) is 1.87. The summed E-state index contributed by atoms with van der Waals surface area (Å²) < 4.78 is 0. The molecule has 3 nitrogen and oxygen atoms in total. The zero-order valence-electron chi connectivity index (χ0n) is 10.5. The summed E-state index contributed by atoms with van der Waals surface area (Å²) in [6.45, 7) is 5.42. The molecule has 0 fully saturated rings. The molecular formula is C14H19N3. The maximum atomic E-state index is 4.54. The number of para-hydroxylation sites is 2. The Labute approximate surface area is 102 Å². The molecule has 1 aromatic carbocycles. The predicted octanol–water partition coefficient (Wildman–Crippen LogP) is 3.48. The van der Waals surface area contributed by atoms with Crippen LogP contribution in [0.25, 0.3) is 11.0 Å². The molecule has 90 valence electrons. The fraction of sp³-hybridized carbons (Fsp3) is 0.429. The predicted molar refractivity (Wildman–Crippen MR) is 72.1 cm³/mol. The van der Waals surface area contributed by atoms with Crippen LogP contribution < -0.4 is 5.32 Å². The number of rotatable bonds is 5. The van der Waals surface area contributed by atoms with Gasteiger partial charge in [-0.25, -0.2) is 4.98 Å². The van der Waals surface area contributed by atoms with E-state index in [-0.39, 0.29) is 0 Å². The van der Waals surface area contributed by atoms with Gasteiger partial charge < -0.3 is 5.32 Å². The second kappa shape index (κ2) is 5.62. The number of nitrogens with zero attached hydrogens (tertiary/aromatic N) is 2. The van der Waals surface area contributed by atoms with E-state index in [0.717, 1.165) is 23.4 Å². The highest BCUT2D eigenvalue weighted by Gasteiger charge is 2.04. The molecule has 17 heavy (non-hydrogen) atoms. The number of hydrogen-bond donors (Lipinski definition) is 1. The molecule has 0 unspecified atom stereocenters. The Balaban J connectivity index is 2.09. The van der Waals surface area contributed by atoms with Gasteiger partial charge in [-0.1, -0.05) is 38.8 Å². The molecule has 0 aliphatic rings. The SMILES string of the molecule is CCC(CC)CNc1cnc2ccccc2n1. The first-order chi connectivity index (χ1) is 8.33. The van der Waals surface area contributed by atoms with Crippen LogP contribution in [-0.2, 0) is 0 Å². The van der Waals surface area contributed by atoms with Gasteiger partial charge >= 0.3 is 0 Å². The first-order valence-corrected chi connectivity index (χ1v) is 6.29. The Morgan fingerprint density at radius 2 is 1.82 bits per heavy atom. The Kier molecular flexibility index (Phi) is 3.91. The molecular weight excluding hydrogens is 210 g/mol. The van der Waals surface area contributed by atoms with Gasteiger partial charge in [-0.05, 0) is 18.1 Å². The lowest BCUT2D eigenvalue weighted by Crippen LogP contribution is -2.13. The van der Waals surface area contributed by atoms with E-state index in [2.05, 4.69) is 29.1 Å². The molecule has 2 aromatic rings. The van der Waals surface area contributed by atoms with Crippen LogP contribution in [-0.4, -0.2) is 16.5 Å². The summed E-state index contributed by atoms with van der Waals surface area (Å²) in [7, 11) is 0. The Morgan fingerprint density at radius 3 is 2.53 bits per heavy atom. The van der Waals surface area contributed by atoms with E-state index in [1.807, 2.05) is 30.5 Å². The van der Waals surface area contributed by atoms with E-state index in [1.54, 1.807) is 0 Å². The van der Waals surface area contributed by atoms with Crippen molar-refractivity contribution in [3.05, 3.63) is 30.5 Å². The summed E-state index contributed by atoms with van der Waals surface area (Å²) >= 11 is 0. The van der Waals surface area contributed by atoms with E-state index < -0.39 is 0 Å². The van der Waals surface area contributed by atoms with Gasteiger partial charge in [-0.2, -0.15) is 0 Å². The average molecular weight is 229 g/mol. The zero-order valence-corrected chi connectivity index (χ0v) is 10.5. The second-order valence-corrected chi connectivity index (χ2v) is 4.31. The molecule has 0 aliphatic heterocycles. The fourth-order valence-corrected chi connectivity index (χ4v) is 1.87. The smallest absolute Gasteiger partial charge is 0.145 e. The van der Waals surface area contributed by atoms with E-state index in [1.165, 1.54) is 12.8 Å². The third kappa shape index (κ3) is 2.93. The first kappa shape index (κ1) is 11.8. The van der Waals surface area contributed by atoms with Gasteiger partial charge in [0.05, 0.1) is 17.2 Å². The molecule has 0 radical (unpaired) electrons. The van der Waals surface area contributed by atoms with Crippen molar-refractivity contribution in [3.63, 3.8) is 0 Å². The summed E-state index contributed by atoms with van der Waals surface area (Å²) in [5.74, 6) is 1.58. The highest BCUT2D eigenvalue weighted by molar-refractivity contribution is 5.75. The minimum Gasteiger partial charge on any atom is -0.368 e. The van der Waals surface area contributed by atoms with Crippen LogP contribution in [0.3, 0.4) is 0 Å². The van der Waals surface area contributed by atoms with Gasteiger partial charge in [-0.3, -0.25) is 4.98 Å². The highest BCUT2D eigenvalue weighted by Crippen LogP contribution is 2.13. The number of aromatic nitrogens is 2. The van der Waals surface area contributed by atoms with Crippen LogP contribution in [0.2, 0.25) is 0 Å². The molecule has 1 heterocycles. The Bertz CT molecular complexity index is 478. The van der Waals surface area contributed by atoms with Crippen molar-refractivity contribution >= 4 is 16.9 Å². The van der Waals surface area contributed by atoms with Gasteiger partial charge in [0.2, 0.25) is 0 Å². The summed E-state index contributed by atoms with van der Waals surface area (Å²) in [6.07, 6.45) is 4.21. The molecule has 0 aliphatic carbocycles. The number of benzene rings is 1. The van der Waals surface area contributed by atoms with Gasteiger partial charge in [-0.15, -0.1) is 0 Å². The Morgan fingerprint density at radius 1 is 1.12 bits per heavy atom. The molecule has 0 saturated heterocycles. The molecule has 1 N–H and O–H groups in total. The van der Waals surface area contributed by atoms with Crippen LogP contribution >= 0.6 is 0 Å². The maximum absolute atomic E-state index is 4.54. The van der Waals surface area contributed by atoms with Crippen LogP contribution in [0.1, 0.15) is 26.7 Å². The zero-order chi connectivity index (χ0) is 12.1. The molecule has 3 heteroatoms. The maximum Gasteiger partial charge on any atom is 0.145 e. The third-order valence-corrected chi connectivity index (χ3v) is 3.18. The van der Waals surface area contributed by atoms with Crippen molar-refractivity contribution in [3.8, 4) is 0 Å². The summed E-state index contributed by atoms with van der Waals surface area (Å²) in [6, 6.07) is 7.94. The summed E-state index contributed by atoms with van der Waals surface area (Å²) in [5.41, 5.74) is 1.89. The van der Waals surface area contributed by atoms with Gasteiger partial charge in [0.1, 0.15) is 5.82 Å². The minimum atomic E-state index is 0.711. The topological polar surface area (TPSA) is 37.8 Å². The quantitative estimate of drug-likeness (QED) is 0.853. The number of hydrogen-bond acceptors (Lipinski definition) is 3. The van der Waals surface area contributed by atoms with Gasteiger partial charge in [0.15, 0.2) is 0 Å². The molecule has 0 spiro atoms. The Hall–Kier alpha value is -1.64. The lowest BCUT2D eigenvalue weighted by molar-refractivity contribution is 0.518. The number of anilines is 1. The lowest BCUT2D eigenvalue weighted by Gasteiger charge is -2.13. The van der Waals surface area contributed by atoms with Crippen molar-refractivity contribution < 1.29 is 0 Å². The lowest BCUT2D eigenvalue weighted by atomic mass is 10.0. The van der Waals surface area contributed by atoms with Crippen molar-refractivity contribution in [2.45, 2.75) is 26.7 Å². The summed E-state index contributed by atoms with van der Waals surface area (Å²) in [4.78, 5) is 8.93. The number of fused-ring (bicyclic) bond motifs is 1. The normalized spacial score (nSPS) is 11.0. The van der Waals surface area contributed by atoms with Crippen LogP contribution in [0, 0.1) is 5.92 Å². The van der Waals surface area contributed by atoms with Crippen LogP contribution in [0.4, 0.5) is 5.82 Å². The van der Waals surface area contributed by atoms with Gasteiger partial charge in [0, 0.05) is 6.54 Å². The van der Waals surface area contributed by atoms with E-state index >= 15 is 0 Å². The second-order valence-electron chi connectivity index (χ2n) is 4.31. The van der Waals surface area contributed by atoms with Crippen LogP contribution in [0.5, 0.6) is 0 Å². The molecule has 0 saturated carbocycles. The number of nitrogens with one attached hydrogen (secondary N) is 1. The first-order valence-electron chi connectivity index (χ1n) is 6.29. The molecule has 0 amide bonds. The standard InChI is InChI=1S/C14H19N3/c1-3-11(4-2)9-16-14-10-15-12-7-5-6-8-13(12)17-14/h5-8,10-11H,3-4,9H2,1-2H3,(H,16,17). The minimum absolute atomic E-state index is 0.711. The molecule has 1 aromatic heterocycles. The van der Waals surface area contributed by atoms with Crippen molar-refractivity contribution in [2.75, 3.05) is 11.9 Å². The third-order valence-electron chi connectivity index (χ3n) is 3.18. The van der Waals surface area contributed by atoms with E-state index in [0.29, 0.717) is 5.92 Å². The van der Waals surface area contributed by atoms with E-state index in [9.17, 15) is 0 Å².